The molecule has 1 aliphatic carbocycles. The number of hydrogen-bond donors (Lipinski definition) is 0. The van der Waals surface area contributed by atoms with Crippen molar-refractivity contribution in [3.8, 4) is 11.1 Å². The number of benzene rings is 2. The summed E-state index contributed by atoms with van der Waals surface area (Å²) in [5, 5.41) is 0. The molecule has 2 aromatic carbocycles. The summed E-state index contributed by atoms with van der Waals surface area (Å²) in [6.07, 6.45) is 1.07. The molecule has 2 aromatic rings. The highest BCUT2D eigenvalue weighted by molar-refractivity contribution is 5.83. The molecule has 1 fully saturated rings. The van der Waals surface area contributed by atoms with Crippen molar-refractivity contribution in [1.82, 2.24) is 4.90 Å². The van der Waals surface area contributed by atoms with E-state index in [1.165, 1.54) is 17.9 Å². The van der Waals surface area contributed by atoms with Crippen molar-refractivity contribution in [3.05, 3.63) is 72.3 Å². The highest BCUT2D eigenvalue weighted by Crippen LogP contribution is 2.44. The highest BCUT2D eigenvalue weighted by Gasteiger charge is 2.43. The summed E-state index contributed by atoms with van der Waals surface area (Å²) in [4.78, 5) is 38.8. The van der Waals surface area contributed by atoms with Crippen molar-refractivity contribution in [2.45, 2.75) is 37.8 Å². The average molecular weight is 450 g/mol. The van der Waals surface area contributed by atoms with Crippen molar-refractivity contribution in [3.63, 3.8) is 0 Å². The van der Waals surface area contributed by atoms with Gasteiger partial charge in [0.2, 0.25) is 0 Å². The number of fused-ring (bicyclic) bond motifs is 3. The van der Waals surface area contributed by atoms with Crippen LogP contribution >= 0.6 is 0 Å². The molecule has 1 saturated heterocycles. The maximum absolute atomic E-state index is 13.1. The van der Waals surface area contributed by atoms with E-state index in [4.69, 9.17) is 14.2 Å². The lowest BCUT2D eigenvalue weighted by molar-refractivity contribution is -0.164. The van der Waals surface area contributed by atoms with Gasteiger partial charge in [-0.15, -0.1) is 0 Å². The molecule has 7 heteroatoms. The van der Waals surface area contributed by atoms with Crippen molar-refractivity contribution >= 4 is 18.0 Å². The van der Waals surface area contributed by atoms with Crippen LogP contribution in [0.2, 0.25) is 0 Å². The van der Waals surface area contributed by atoms with E-state index < -0.39 is 30.2 Å². The first kappa shape index (κ1) is 22.6. The second-order valence-electron chi connectivity index (χ2n) is 8.15. The normalized spacial score (nSPS) is 19.2. The van der Waals surface area contributed by atoms with Gasteiger partial charge in [-0.3, -0.25) is 9.69 Å². The number of esters is 2. The molecule has 0 saturated carbocycles. The number of amides is 1. The molecular weight excluding hydrogens is 422 g/mol. The second kappa shape index (κ2) is 9.90. The smallest absolute Gasteiger partial charge is 0.410 e. The van der Waals surface area contributed by atoms with Crippen molar-refractivity contribution in [1.29, 1.82) is 0 Å². The predicted octanol–water partition coefficient (Wildman–Crippen LogP) is 4.06. The van der Waals surface area contributed by atoms with Crippen molar-refractivity contribution in [2.24, 2.45) is 0 Å². The Balaban J connectivity index is 1.52. The maximum Gasteiger partial charge on any atom is 0.410 e. The van der Waals surface area contributed by atoms with Gasteiger partial charge in [-0.05, 0) is 35.1 Å². The van der Waals surface area contributed by atoms with Gasteiger partial charge in [-0.25, -0.2) is 9.59 Å². The largest absolute Gasteiger partial charge is 0.460 e. The highest BCUT2D eigenvalue weighted by atomic mass is 16.6. The van der Waals surface area contributed by atoms with E-state index in [0.29, 0.717) is 19.4 Å². The zero-order valence-electron chi connectivity index (χ0n) is 18.6. The first-order valence-corrected chi connectivity index (χ1v) is 11.1. The molecule has 1 amide bonds. The van der Waals surface area contributed by atoms with E-state index in [-0.39, 0.29) is 19.1 Å². The second-order valence-corrected chi connectivity index (χ2v) is 8.15. The van der Waals surface area contributed by atoms with Crippen LogP contribution < -0.4 is 0 Å². The lowest BCUT2D eigenvalue weighted by Crippen LogP contribution is -2.57. The minimum atomic E-state index is -1.06. The summed E-state index contributed by atoms with van der Waals surface area (Å²) in [6, 6.07) is 15.1. The first-order chi connectivity index (χ1) is 16.0. The van der Waals surface area contributed by atoms with Gasteiger partial charge in [0.05, 0.1) is 0 Å². The van der Waals surface area contributed by atoms with Gasteiger partial charge in [0.1, 0.15) is 19.3 Å². The Labute approximate surface area is 192 Å². The number of hydrogen-bond acceptors (Lipinski definition) is 6. The monoisotopic (exact) mass is 449 g/mol. The fraction of sp³-hybridized carbons (Fsp3) is 0.346. The minimum Gasteiger partial charge on any atom is -0.460 e. The summed E-state index contributed by atoms with van der Waals surface area (Å²) in [6.45, 7) is 5.26. The summed E-state index contributed by atoms with van der Waals surface area (Å²) >= 11 is 0. The van der Waals surface area contributed by atoms with Crippen LogP contribution in [0.1, 0.15) is 36.8 Å². The van der Waals surface area contributed by atoms with Crippen LogP contribution in [0.3, 0.4) is 0 Å². The first-order valence-electron chi connectivity index (χ1n) is 11.1. The molecule has 7 nitrogen and oxygen atoms in total. The molecule has 1 aliphatic heterocycles. The van der Waals surface area contributed by atoms with Gasteiger partial charge < -0.3 is 14.2 Å². The SMILES string of the molecule is C=CCOC(=O)C1C(OC(C)=O)CCCN1C(=O)OCC1c2ccccc2-c2ccccc21. The Kier molecular flexibility index (Phi) is 6.77. The minimum absolute atomic E-state index is 0.000649. The van der Waals surface area contributed by atoms with Gasteiger partial charge in [0.25, 0.3) is 0 Å². The molecule has 33 heavy (non-hydrogen) atoms. The molecule has 0 bridgehead atoms. The lowest BCUT2D eigenvalue weighted by Gasteiger charge is -2.38. The van der Waals surface area contributed by atoms with Crippen LogP contribution in [0.15, 0.2) is 61.2 Å². The molecule has 2 aliphatic rings. The van der Waals surface area contributed by atoms with Crippen LogP contribution in [0.5, 0.6) is 0 Å². The van der Waals surface area contributed by atoms with Crippen LogP contribution in [-0.2, 0) is 23.8 Å². The number of carbonyl (C=O) groups is 3. The molecule has 0 spiro atoms. The van der Waals surface area contributed by atoms with Gasteiger partial charge in [0, 0.05) is 19.4 Å². The number of rotatable bonds is 6. The number of carbonyl (C=O) groups excluding carboxylic acids is 3. The van der Waals surface area contributed by atoms with E-state index >= 15 is 0 Å². The van der Waals surface area contributed by atoms with Crippen LogP contribution in [0.25, 0.3) is 11.1 Å². The third-order valence-electron chi connectivity index (χ3n) is 6.05. The van der Waals surface area contributed by atoms with E-state index in [0.717, 1.165) is 22.3 Å². The molecule has 172 valence electrons. The van der Waals surface area contributed by atoms with E-state index in [2.05, 4.69) is 18.7 Å². The van der Waals surface area contributed by atoms with Crippen LogP contribution in [0.4, 0.5) is 4.79 Å². The number of ether oxygens (including phenoxy) is 3. The van der Waals surface area contributed by atoms with Crippen molar-refractivity contribution in [2.75, 3.05) is 19.8 Å². The lowest BCUT2D eigenvalue weighted by atomic mass is 9.98. The Hall–Kier alpha value is -3.61. The number of piperidine rings is 1. The predicted molar refractivity (Wildman–Crippen MR) is 122 cm³/mol. The third-order valence-corrected chi connectivity index (χ3v) is 6.05. The molecule has 0 aromatic heterocycles. The standard InChI is InChI=1S/C26H27NO6/c1-3-15-31-25(29)24-23(33-17(2)28)13-8-14-27(24)26(30)32-16-22-20-11-6-4-9-18(20)19-10-5-7-12-21(19)22/h3-7,9-12,22-24H,1,8,13-16H2,2H3. The fourth-order valence-electron chi connectivity index (χ4n) is 4.68. The Morgan fingerprint density at radius 1 is 1.03 bits per heavy atom. The molecular formula is C26H27NO6. The molecule has 2 atom stereocenters. The Bertz CT molecular complexity index is 1020. The fourth-order valence-corrected chi connectivity index (χ4v) is 4.68. The van der Waals surface area contributed by atoms with Crippen molar-refractivity contribution < 1.29 is 28.6 Å². The summed E-state index contributed by atoms with van der Waals surface area (Å²) in [5.74, 6) is -1.26. The van der Waals surface area contributed by atoms with E-state index in [9.17, 15) is 14.4 Å². The summed E-state index contributed by atoms with van der Waals surface area (Å²) < 4.78 is 16.3. The topological polar surface area (TPSA) is 82.1 Å². The van der Waals surface area contributed by atoms with Gasteiger partial charge in [-0.1, -0.05) is 61.2 Å². The van der Waals surface area contributed by atoms with Crippen LogP contribution in [-0.4, -0.2) is 54.8 Å². The zero-order chi connectivity index (χ0) is 23.4. The number of nitrogens with zero attached hydrogens (tertiary/aromatic N) is 1. The molecule has 2 unspecified atom stereocenters. The Morgan fingerprint density at radius 3 is 2.27 bits per heavy atom. The van der Waals surface area contributed by atoms with E-state index in [1.807, 2.05) is 36.4 Å². The third kappa shape index (κ3) is 4.62. The molecule has 1 heterocycles. The average Bonchev–Trinajstić information content (AvgIpc) is 3.14. The summed E-state index contributed by atoms with van der Waals surface area (Å²) in [7, 11) is 0. The van der Waals surface area contributed by atoms with E-state index in [1.54, 1.807) is 0 Å². The Morgan fingerprint density at radius 2 is 1.67 bits per heavy atom. The summed E-state index contributed by atoms with van der Waals surface area (Å²) in [5.41, 5.74) is 4.47. The maximum atomic E-state index is 13.1. The molecule has 0 radical (unpaired) electrons. The number of likely N-dealkylation sites (tertiary alicyclic amines) is 1. The zero-order valence-corrected chi connectivity index (χ0v) is 18.6. The van der Waals surface area contributed by atoms with Gasteiger partial charge in [-0.2, -0.15) is 0 Å². The quantitative estimate of drug-likeness (QED) is 0.376. The molecule has 4 rings (SSSR count). The molecule has 0 N–H and O–H groups in total. The van der Waals surface area contributed by atoms with Gasteiger partial charge >= 0.3 is 18.0 Å². The van der Waals surface area contributed by atoms with Crippen LogP contribution in [0, 0.1) is 0 Å². The van der Waals surface area contributed by atoms with Gasteiger partial charge in [0.15, 0.2) is 6.04 Å².